The smallest absolute Gasteiger partial charge is 0.132 e. The van der Waals surface area contributed by atoms with Crippen molar-refractivity contribution in [2.75, 3.05) is 24.1 Å². The summed E-state index contributed by atoms with van der Waals surface area (Å²) in [7, 11) is 0. The Hall–Kier alpha value is -1.75. The van der Waals surface area contributed by atoms with Crippen molar-refractivity contribution in [1.82, 2.24) is 9.78 Å². The quantitative estimate of drug-likeness (QED) is 0.621. The lowest BCUT2D eigenvalue weighted by Gasteiger charge is -2.24. The van der Waals surface area contributed by atoms with E-state index < -0.39 is 0 Å². The number of aromatic nitrogens is 2. The van der Waals surface area contributed by atoms with Crippen LogP contribution in [0.4, 0.5) is 11.5 Å². The summed E-state index contributed by atoms with van der Waals surface area (Å²) in [5, 5.41) is 9.01. The minimum Gasteiger partial charge on any atom is -0.399 e. The molecule has 0 spiro atoms. The molecule has 0 aliphatic carbocycles. The third-order valence-electron chi connectivity index (χ3n) is 3.11. The molecule has 0 amide bonds. The first-order valence-electron chi connectivity index (χ1n) is 5.51. The number of fused-ring (bicyclic) bond motifs is 3. The highest BCUT2D eigenvalue weighted by molar-refractivity contribution is 5.92. The van der Waals surface area contributed by atoms with Crippen LogP contribution in [0, 0.1) is 0 Å². The van der Waals surface area contributed by atoms with Crippen molar-refractivity contribution in [2.24, 2.45) is 5.73 Å². The summed E-state index contributed by atoms with van der Waals surface area (Å²) in [4.78, 5) is 0. The van der Waals surface area contributed by atoms with Crippen molar-refractivity contribution in [3.05, 3.63) is 18.2 Å². The topological polar surface area (TPSA) is 81.9 Å². The van der Waals surface area contributed by atoms with Crippen LogP contribution in [0.5, 0.6) is 0 Å². The first-order chi connectivity index (χ1) is 7.79. The molecule has 5 heteroatoms. The molecule has 0 fully saturated rings. The lowest BCUT2D eigenvalue weighted by Crippen LogP contribution is -2.28. The summed E-state index contributed by atoms with van der Waals surface area (Å²) < 4.78 is 1.99. The fourth-order valence-electron chi connectivity index (χ4n) is 2.26. The van der Waals surface area contributed by atoms with Gasteiger partial charge in [0.05, 0.1) is 11.6 Å². The van der Waals surface area contributed by atoms with E-state index in [1.807, 2.05) is 22.9 Å². The Labute approximate surface area is 93.4 Å². The normalized spacial score (nSPS) is 19.4. The van der Waals surface area contributed by atoms with E-state index in [0.29, 0.717) is 12.6 Å². The van der Waals surface area contributed by atoms with Gasteiger partial charge < -0.3 is 16.8 Å². The van der Waals surface area contributed by atoms with Gasteiger partial charge in [0.25, 0.3) is 0 Å². The van der Waals surface area contributed by atoms with Crippen molar-refractivity contribution >= 4 is 22.4 Å². The van der Waals surface area contributed by atoms with E-state index in [9.17, 15) is 0 Å². The SMILES string of the molecule is NCC1CCNc2c3cc(N)ccc3nn21. The molecule has 3 rings (SSSR count). The molecule has 0 bridgehead atoms. The Morgan fingerprint density at radius 1 is 1.50 bits per heavy atom. The van der Waals surface area contributed by atoms with Crippen LogP contribution in [0.25, 0.3) is 10.9 Å². The van der Waals surface area contributed by atoms with E-state index >= 15 is 0 Å². The fraction of sp³-hybridized carbons (Fsp3) is 0.364. The van der Waals surface area contributed by atoms with Gasteiger partial charge in [-0.15, -0.1) is 0 Å². The molecule has 1 aliphatic heterocycles. The van der Waals surface area contributed by atoms with Gasteiger partial charge in [-0.3, -0.25) is 0 Å². The molecule has 5 nitrogen and oxygen atoms in total. The Kier molecular flexibility index (Phi) is 2.00. The van der Waals surface area contributed by atoms with Crippen LogP contribution in [-0.2, 0) is 0 Å². The molecular weight excluding hydrogens is 202 g/mol. The average molecular weight is 217 g/mol. The largest absolute Gasteiger partial charge is 0.399 e. The van der Waals surface area contributed by atoms with Crippen molar-refractivity contribution in [1.29, 1.82) is 0 Å². The summed E-state index contributed by atoms with van der Waals surface area (Å²) in [6.45, 7) is 1.57. The molecule has 1 aromatic carbocycles. The van der Waals surface area contributed by atoms with E-state index in [1.165, 1.54) is 0 Å². The Bertz CT molecular complexity index is 530. The minimum atomic E-state index is 0.296. The zero-order valence-corrected chi connectivity index (χ0v) is 8.98. The number of rotatable bonds is 1. The fourth-order valence-corrected chi connectivity index (χ4v) is 2.26. The maximum absolute atomic E-state index is 5.79. The lowest BCUT2D eigenvalue weighted by molar-refractivity contribution is 0.431. The van der Waals surface area contributed by atoms with Gasteiger partial charge in [-0.25, -0.2) is 4.68 Å². The molecule has 16 heavy (non-hydrogen) atoms. The van der Waals surface area contributed by atoms with Crippen LogP contribution in [0.1, 0.15) is 12.5 Å². The van der Waals surface area contributed by atoms with Crippen LogP contribution in [-0.4, -0.2) is 22.9 Å². The highest BCUT2D eigenvalue weighted by atomic mass is 15.4. The van der Waals surface area contributed by atoms with Crippen LogP contribution in [0.15, 0.2) is 18.2 Å². The number of nitrogens with zero attached hydrogens (tertiary/aromatic N) is 2. The molecule has 1 aromatic heterocycles. The second-order valence-corrected chi connectivity index (χ2v) is 4.17. The Morgan fingerprint density at radius 2 is 2.38 bits per heavy atom. The van der Waals surface area contributed by atoms with Crippen molar-refractivity contribution in [2.45, 2.75) is 12.5 Å². The molecule has 1 unspecified atom stereocenters. The van der Waals surface area contributed by atoms with Crippen LogP contribution < -0.4 is 16.8 Å². The second-order valence-electron chi connectivity index (χ2n) is 4.17. The van der Waals surface area contributed by atoms with Gasteiger partial charge in [0.15, 0.2) is 0 Å². The summed E-state index contributed by atoms with van der Waals surface area (Å²) in [5.74, 6) is 1.05. The monoisotopic (exact) mass is 217 g/mol. The summed E-state index contributed by atoms with van der Waals surface area (Å²) in [6, 6.07) is 6.08. The van der Waals surface area contributed by atoms with E-state index in [4.69, 9.17) is 11.5 Å². The van der Waals surface area contributed by atoms with E-state index in [1.54, 1.807) is 0 Å². The molecular formula is C11H15N5. The third-order valence-corrected chi connectivity index (χ3v) is 3.11. The van der Waals surface area contributed by atoms with Crippen molar-refractivity contribution in [3.63, 3.8) is 0 Å². The molecule has 2 heterocycles. The molecule has 0 saturated heterocycles. The first kappa shape index (κ1) is 9.47. The third kappa shape index (κ3) is 1.25. The lowest BCUT2D eigenvalue weighted by atomic mass is 10.1. The molecule has 0 saturated carbocycles. The van der Waals surface area contributed by atoms with E-state index in [2.05, 4.69) is 10.4 Å². The average Bonchev–Trinajstić information content (AvgIpc) is 2.67. The number of nitrogens with two attached hydrogens (primary N) is 2. The predicted molar refractivity (Wildman–Crippen MR) is 65.3 cm³/mol. The number of nitrogen functional groups attached to an aromatic ring is 1. The van der Waals surface area contributed by atoms with Crippen LogP contribution in [0.3, 0.4) is 0 Å². The van der Waals surface area contributed by atoms with Gasteiger partial charge in [-0.2, -0.15) is 5.10 Å². The van der Waals surface area contributed by atoms with Gasteiger partial charge in [0.1, 0.15) is 5.82 Å². The van der Waals surface area contributed by atoms with Gasteiger partial charge >= 0.3 is 0 Å². The maximum Gasteiger partial charge on any atom is 0.132 e. The Morgan fingerprint density at radius 3 is 3.19 bits per heavy atom. The van der Waals surface area contributed by atoms with Crippen molar-refractivity contribution in [3.8, 4) is 0 Å². The summed E-state index contributed by atoms with van der Waals surface area (Å²) in [6.07, 6.45) is 1.02. The van der Waals surface area contributed by atoms with Crippen LogP contribution in [0.2, 0.25) is 0 Å². The maximum atomic E-state index is 5.79. The molecule has 2 aromatic rings. The van der Waals surface area contributed by atoms with Gasteiger partial charge in [0.2, 0.25) is 0 Å². The van der Waals surface area contributed by atoms with Gasteiger partial charge in [0, 0.05) is 24.2 Å². The highest BCUT2D eigenvalue weighted by Crippen LogP contribution is 2.31. The number of anilines is 2. The molecule has 1 atom stereocenters. The van der Waals surface area contributed by atoms with E-state index in [0.717, 1.165) is 35.4 Å². The van der Waals surface area contributed by atoms with Gasteiger partial charge in [-0.1, -0.05) is 0 Å². The molecule has 0 radical (unpaired) electrons. The van der Waals surface area contributed by atoms with Gasteiger partial charge in [-0.05, 0) is 24.6 Å². The molecule has 84 valence electrons. The van der Waals surface area contributed by atoms with Crippen molar-refractivity contribution < 1.29 is 0 Å². The Balaban J connectivity index is 2.24. The van der Waals surface area contributed by atoms with E-state index in [-0.39, 0.29) is 0 Å². The zero-order chi connectivity index (χ0) is 11.1. The second kappa shape index (κ2) is 3.38. The summed E-state index contributed by atoms with van der Waals surface area (Å²) in [5.41, 5.74) is 13.3. The summed E-state index contributed by atoms with van der Waals surface area (Å²) >= 11 is 0. The molecule has 1 aliphatic rings. The predicted octanol–water partition coefficient (Wildman–Crippen LogP) is 0.934. The van der Waals surface area contributed by atoms with Crippen LogP contribution >= 0.6 is 0 Å². The number of nitrogens with one attached hydrogen (secondary N) is 1. The number of benzene rings is 1. The molecule has 5 N–H and O–H groups in total. The number of hydrogen-bond acceptors (Lipinski definition) is 4. The standard InChI is InChI=1S/C11H15N5/c12-6-8-3-4-14-11-9-5-7(13)1-2-10(9)15-16(8)11/h1-2,5,8,14H,3-4,6,12-13H2. The number of hydrogen-bond donors (Lipinski definition) is 3. The minimum absolute atomic E-state index is 0.296. The highest BCUT2D eigenvalue weighted by Gasteiger charge is 2.21. The first-order valence-corrected chi connectivity index (χ1v) is 5.51. The zero-order valence-electron chi connectivity index (χ0n) is 8.98.